The van der Waals surface area contributed by atoms with Crippen LogP contribution in [0.25, 0.3) is 32.4 Å². The number of halogens is 1. The van der Waals surface area contributed by atoms with Crippen molar-refractivity contribution in [2.45, 2.75) is 32.4 Å². The SMILES string of the molecule is Cc1c(-c2nc(-c3ccc(F)cc3)no2)sc2ncn(CC(=O)NCC3CCCO3)c(=O)c12. The summed E-state index contributed by atoms with van der Waals surface area (Å²) in [4.78, 5) is 35.3. The summed E-state index contributed by atoms with van der Waals surface area (Å²) in [5.74, 6) is -0.0707. The fraction of sp³-hybridized carbons (Fsp3) is 0.318. The van der Waals surface area contributed by atoms with E-state index >= 15 is 0 Å². The minimum atomic E-state index is -0.356. The second-order valence-corrected chi connectivity index (χ2v) is 8.78. The molecule has 4 aromatic rings. The summed E-state index contributed by atoms with van der Waals surface area (Å²) in [5, 5.41) is 7.19. The maximum atomic E-state index is 13.2. The number of amides is 1. The zero-order chi connectivity index (χ0) is 22.9. The molecule has 1 aliphatic heterocycles. The quantitative estimate of drug-likeness (QED) is 0.462. The number of aryl methyl sites for hydroxylation is 1. The van der Waals surface area contributed by atoms with Crippen molar-refractivity contribution in [3.05, 3.63) is 52.3 Å². The van der Waals surface area contributed by atoms with Gasteiger partial charge in [-0.25, -0.2) is 9.37 Å². The summed E-state index contributed by atoms with van der Waals surface area (Å²) in [6.07, 6.45) is 3.31. The maximum absolute atomic E-state index is 13.2. The number of rotatable bonds is 6. The van der Waals surface area contributed by atoms with Crippen LogP contribution in [0, 0.1) is 12.7 Å². The number of ether oxygens (including phenoxy) is 1. The highest BCUT2D eigenvalue weighted by molar-refractivity contribution is 7.22. The largest absolute Gasteiger partial charge is 0.376 e. The molecule has 0 radical (unpaired) electrons. The van der Waals surface area contributed by atoms with Crippen molar-refractivity contribution < 1.29 is 18.4 Å². The van der Waals surface area contributed by atoms with E-state index in [4.69, 9.17) is 9.26 Å². The molecule has 4 heterocycles. The Morgan fingerprint density at radius 3 is 2.91 bits per heavy atom. The molecule has 3 aromatic heterocycles. The van der Waals surface area contributed by atoms with Crippen molar-refractivity contribution in [1.82, 2.24) is 25.0 Å². The second-order valence-electron chi connectivity index (χ2n) is 7.78. The van der Waals surface area contributed by atoms with Gasteiger partial charge in [-0.15, -0.1) is 11.3 Å². The molecule has 0 spiro atoms. The number of carbonyl (C=O) groups is 1. The van der Waals surface area contributed by atoms with Crippen molar-refractivity contribution in [1.29, 1.82) is 0 Å². The third kappa shape index (κ3) is 4.29. The minimum absolute atomic E-state index is 0.0298. The molecule has 0 aliphatic carbocycles. The van der Waals surface area contributed by atoms with Crippen molar-refractivity contribution in [3.63, 3.8) is 0 Å². The molecule has 1 saturated heterocycles. The molecule has 0 bridgehead atoms. The fourth-order valence-electron chi connectivity index (χ4n) is 3.75. The van der Waals surface area contributed by atoms with Crippen molar-refractivity contribution in [2.24, 2.45) is 0 Å². The van der Waals surface area contributed by atoms with Crippen LogP contribution in [0.5, 0.6) is 0 Å². The lowest BCUT2D eigenvalue weighted by molar-refractivity contribution is -0.122. The highest BCUT2D eigenvalue weighted by Gasteiger charge is 2.21. The average Bonchev–Trinajstić information content (AvgIpc) is 3.55. The van der Waals surface area contributed by atoms with E-state index in [1.807, 2.05) is 0 Å². The molecule has 9 nitrogen and oxygen atoms in total. The molecule has 1 fully saturated rings. The molecule has 1 unspecified atom stereocenters. The summed E-state index contributed by atoms with van der Waals surface area (Å²) < 4.78 is 25.4. The number of aromatic nitrogens is 4. The Hall–Kier alpha value is -3.44. The monoisotopic (exact) mass is 469 g/mol. The third-order valence-corrected chi connectivity index (χ3v) is 6.69. The lowest BCUT2D eigenvalue weighted by Crippen LogP contribution is -2.36. The highest BCUT2D eigenvalue weighted by atomic mass is 32.1. The zero-order valence-corrected chi connectivity index (χ0v) is 18.5. The normalized spacial score (nSPS) is 15.9. The number of fused-ring (bicyclic) bond motifs is 1. The summed E-state index contributed by atoms with van der Waals surface area (Å²) >= 11 is 1.26. The van der Waals surface area contributed by atoms with Crippen LogP contribution in [-0.2, 0) is 16.1 Å². The number of nitrogens with zero attached hydrogens (tertiary/aromatic N) is 4. The van der Waals surface area contributed by atoms with E-state index in [9.17, 15) is 14.0 Å². The van der Waals surface area contributed by atoms with E-state index in [0.717, 1.165) is 12.8 Å². The summed E-state index contributed by atoms with van der Waals surface area (Å²) in [7, 11) is 0. The van der Waals surface area contributed by atoms with Gasteiger partial charge >= 0.3 is 0 Å². The van der Waals surface area contributed by atoms with E-state index in [-0.39, 0.29) is 35.8 Å². The van der Waals surface area contributed by atoms with Crippen LogP contribution in [-0.4, -0.2) is 44.9 Å². The predicted octanol–water partition coefficient (Wildman–Crippen LogP) is 2.92. The van der Waals surface area contributed by atoms with Crippen LogP contribution in [0.4, 0.5) is 4.39 Å². The van der Waals surface area contributed by atoms with Crippen LogP contribution in [0.2, 0.25) is 0 Å². The first-order valence-corrected chi connectivity index (χ1v) is 11.3. The van der Waals surface area contributed by atoms with Gasteiger partial charge in [-0.3, -0.25) is 14.2 Å². The van der Waals surface area contributed by atoms with Gasteiger partial charge in [0.2, 0.25) is 11.7 Å². The predicted molar refractivity (Wildman–Crippen MR) is 119 cm³/mol. The van der Waals surface area contributed by atoms with Gasteiger partial charge in [-0.1, -0.05) is 5.16 Å². The van der Waals surface area contributed by atoms with Gasteiger partial charge in [0, 0.05) is 18.7 Å². The van der Waals surface area contributed by atoms with Crippen LogP contribution < -0.4 is 10.9 Å². The van der Waals surface area contributed by atoms with E-state index in [0.29, 0.717) is 45.2 Å². The highest BCUT2D eigenvalue weighted by Crippen LogP contribution is 2.35. The number of nitrogens with one attached hydrogen (secondary N) is 1. The second kappa shape index (κ2) is 8.83. The first-order valence-electron chi connectivity index (χ1n) is 10.5. The Balaban J connectivity index is 1.39. The van der Waals surface area contributed by atoms with Gasteiger partial charge in [0.25, 0.3) is 11.4 Å². The van der Waals surface area contributed by atoms with Gasteiger partial charge < -0.3 is 14.6 Å². The lowest BCUT2D eigenvalue weighted by atomic mass is 10.2. The molecular formula is C22H20FN5O4S. The zero-order valence-electron chi connectivity index (χ0n) is 17.7. The Kier molecular flexibility index (Phi) is 5.73. The van der Waals surface area contributed by atoms with Gasteiger partial charge in [0.15, 0.2) is 0 Å². The number of hydrogen-bond acceptors (Lipinski definition) is 8. The van der Waals surface area contributed by atoms with Crippen LogP contribution in [0.15, 0.2) is 39.9 Å². The van der Waals surface area contributed by atoms with Crippen LogP contribution >= 0.6 is 11.3 Å². The van der Waals surface area contributed by atoms with E-state index in [1.54, 1.807) is 19.1 Å². The topological polar surface area (TPSA) is 112 Å². The lowest BCUT2D eigenvalue weighted by Gasteiger charge is -2.11. The molecular weight excluding hydrogens is 449 g/mol. The smallest absolute Gasteiger partial charge is 0.268 e. The third-order valence-electron chi connectivity index (χ3n) is 5.50. The van der Waals surface area contributed by atoms with E-state index < -0.39 is 0 Å². The molecule has 1 N–H and O–H groups in total. The average molecular weight is 469 g/mol. The van der Waals surface area contributed by atoms with Crippen molar-refractivity contribution in [3.8, 4) is 22.2 Å². The Morgan fingerprint density at radius 2 is 2.15 bits per heavy atom. The first kappa shape index (κ1) is 21.4. The Labute approximate surface area is 191 Å². The molecule has 5 rings (SSSR count). The van der Waals surface area contributed by atoms with Gasteiger partial charge in [-0.05, 0) is 49.6 Å². The Morgan fingerprint density at radius 1 is 1.33 bits per heavy atom. The van der Waals surface area contributed by atoms with Crippen LogP contribution in [0.1, 0.15) is 18.4 Å². The Bertz CT molecular complexity index is 1370. The van der Waals surface area contributed by atoms with Gasteiger partial charge in [-0.2, -0.15) is 4.98 Å². The standard InChI is InChI=1S/C22H20FN5O4S/c1-12-17-21(25-11-28(22(17)30)10-16(29)24-9-15-3-2-8-31-15)33-18(12)20-26-19(27-32-20)13-4-6-14(23)7-5-13/h4-7,11,15H,2-3,8-10H2,1H3,(H,24,29). The number of hydrogen-bond donors (Lipinski definition) is 1. The van der Waals surface area contributed by atoms with Crippen molar-refractivity contribution in [2.75, 3.05) is 13.2 Å². The number of benzene rings is 1. The molecule has 1 amide bonds. The summed E-state index contributed by atoms with van der Waals surface area (Å²) in [6, 6.07) is 5.76. The molecule has 33 heavy (non-hydrogen) atoms. The number of carbonyl (C=O) groups excluding carboxylic acids is 1. The maximum Gasteiger partial charge on any atom is 0.268 e. The van der Waals surface area contributed by atoms with Gasteiger partial charge in [0.05, 0.1) is 22.7 Å². The first-order chi connectivity index (χ1) is 16.0. The van der Waals surface area contributed by atoms with E-state index in [1.165, 1.54) is 34.4 Å². The number of thiophene rings is 1. The summed E-state index contributed by atoms with van der Waals surface area (Å²) in [5.41, 5.74) is 0.945. The molecule has 1 aliphatic rings. The fourth-order valence-corrected chi connectivity index (χ4v) is 4.81. The minimum Gasteiger partial charge on any atom is -0.376 e. The van der Waals surface area contributed by atoms with E-state index in [2.05, 4.69) is 20.4 Å². The molecule has 11 heteroatoms. The molecule has 1 atom stereocenters. The molecule has 0 saturated carbocycles. The van der Waals surface area contributed by atoms with Crippen molar-refractivity contribution >= 4 is 27.5 Å². The van der Waals surface area contributed by atoms with Crippen LogP contribution in [0.3, 0.4) is 0 Å². The molecule has 1 aromatic carbocycles. The summed E-state index contributed by atoms with van der Waals surface area (Å²) in [6.45, 7) is 2.79. The molecule has 170 valence electrons. The van der Waals surface area contributed by atoms with Gasteiger partial charge in [0.1, 0.15) is 17.2 Å².